The number of nitrogens with zero attached hydrogens (tertiary/aromatic N) is 1. The standard InChI is InChI=1S/C13H20N2O.ClH/c1-3-12(14)13(16)15(2)10-9-11-7-5-4-6-8-11;/h4-8,12H,3,9-10,14H2,1-2H3;1H/t12-;/m0./s1. The topological polar surface area (TPSA) is 46.3 Å². The fourth-order valence-electron chi connectivity index (χ4n) is 1.51. The molecule has 0 bridgehead atoms. The lowest BCUT2D eigenvalue weighted by atomic mass is 10.1. The van der Waals surface area contributed by atoms with Gasteiger partial charge >= 0.3 is 0 Å². The summed E-state index contributed by atoms with van der Waals surface area (Å²) in [5, 5.41) is 0. The number of benzene rings is 1. The van der Waals surface area contributed by atoms with E-state index in [2.05, 4.69) is 12.1 Å². The molecule has 1 aromatic carbocycles. The van der Waals surface area contributed by atoms with Gasteiger partial charge < -0.3 is 10.6 Å². The molecule has 0 saturated carbocycles. The van der Waals surface area contributed by atoms with Crippen molar-refractivity contribution < 1.29 is 4.79 Å². The molecule has 0 aliphatic carbocycles. The van der Waals surface area contributed by atoms with E-state index in [1.807, 2.05) is 25.1 Å². The maximum atomic E-state index is 11.7. The van der Waals surface area contributed by atoms with Gasteiger partial charge in [0.25, 0.3) is 0 Å². The van der Waals surface area contributed by atoms with E-state index in [-0.39, 0.29) is 24.4 Å². The Morgan fingerprint density at radius 2 is 1.94 bits per heavy atom. The van der Waals surface area contributed by atoms with Crippen LogP contribution in [0.1, 0.15) is 18.9 Å². The summed E-state index contributed by atoms with van der Waals surface area (Å²) in [7, 11) is 1.81. The van der Waals surface area contributed by atoms with Crippen LogP contribution in [0.4, 0.5) is 0 Å². The van der Waals surface area contributed by atoms with Gasteiger partial charge in [-0.1, -0.05) is 37.3 Å². The van der Waals surface area contributed by atoms with Crippen LogP contribution in [0.5, 0.6) is 0 Å². The Hall–Kier alpha value is -1.06. The van der Waals surface area contributed by atoms with Gasteiger partial charge in [-0.2, -0.15) is 0 Å². The molecule has 3 nitrogen and oxygen atoms in total. The van der Waals surface area contributed by atoms with Crippen LogP contribution in [0.15, 0.2) is 30.3 Å². The van der Waals surface area contributed by atoms with Crippen molar-refractivity contribution in [3.8, 4) is 0 Å². The molecule has 4 heteroatoms. The molecule has 1 aromatic rings. The summed E-state index contributed by atoms with van der Waals surface area (Å²) in [5.74, 6) is 0.0263. The molecule has 2 N–H and O–H groups in total. The fourth-order valence-corrected chi connectivity index (χ4v) is 1.51. The molecule has 0 radical (unpaired) electrons. The number of likely N-dealkylation sites (N-methyl/N-ethyl adjacent to an activating group) is 1. The van der Waals surface area contributed by atoms with Crippen molar-refractivity contribution >= 4 is 18.3 Å². The molecule has 0 aromatic heterocycles. The molecule has 1 amide bonds. The summed E-state index contributed by atoms with van der Waals surface area (Å²) < 4.78 is 0. The highest BCUT2D eigenvalue weighted by Gasteiger charge is 2.15. The molecule has 1 rings (SSSR count). The fraction of sp³-hybridized carbons (Fsp3) is 0.462. The zero-order valence-corrected chi connectivity index (χ0v) is 11.2. The average molecular weight is 257 g/mol. The van der Waals surface area contributed by atoms with Gasteiger partial charge in [-0.05, 0) is 18.4 Å². The first-order valence-corrected chi connectivity index (χ1v) is 5.69. The van der Waals surface area contributed by atoms with Crippen LogP contribution in [-0.4, -0.2) is 30.4 Å². The van der Waals surface area contributed by atoms with Crippen LogP contribution in [0.25, 0.3) is 0 Å². The first kappa shape index (κ1) is 15.9. The Bertz CT molecular complexity index is 329. The summed E-state index contributed by atoms with van der Waals surface area (Å²) in [6, 6.07) is 9.78. The van der Waals surface area contributed by atoms with Crippen molar-refractivity contribution in [2.75, 3.05) is 13.6 Å². The predicted octanol–water partition coefficient (Wildman–Crippen LogP) is 1.85. The molecule has 96 valence electrons. The number of carbonyl (C=O) groups excluding carboxylic acids is 1. The van der Waals surface area contributed by atoms with E-state index in [1.165, 1.54) is 5.56 Å². The quantitative estimate of drug-likeness (QED) is 0.874. The average Bonchev–Trinajstić information content (AvgIpc) is 2.35. The number of hydrogen-bond donors (Lipinski definition) is 1. The van der Waals surface area contributed by atoms with E-state index in [9.17, 15) is 4.79 Å². The SMILES string of the molecule is CC[C@H](N)C(=O)N(C)CCc1ccccc1.Cl. The van der Waals surface area contributed by atoms with Crippen molar-refractivity contribution in [3.05, 3.63) is 35.9 Å². The summed E-state index contributed by atoms with van der Waals surface area (Å²) in [5.41, 5.74) is 6.94. The van der Waals surface area contributed by atoms with Crippen LogP contribution in [0.3, 0.4) is 0 Å². The molecule has 1 atom stereocenters. The number of nitrogens with two attached hydrogens (primary N) is 1. The number of rotatable bonds is 5. The lowest BCUT2D eigenvalue weighted by molar-refractivity contribution is -0.131. The van der Waals surface area contributed by atoms with Crippen LogP contribution < -0.4 is 5.73 Å². The maximum absolute atomic E-state index is 11.7. The number of carbonyl (C=O) groups is 1. The second-order valence-corrected chi connectivity index (χ2v) is 4.01. The number of hydrogen-bond acceptors (Lipinski definition) is 2. The van der Waals surface area contributed by atoms with E-state index in [0.29, 0.717) is 6.42 Å². The third-order valence-corrected chi connectivity index (χ3v) is 2.71. The van der Waals surface area contributed by atoms with E-state index in [1.54, 1.807) is 11.9 Å². The Labute approximate surface area is 109 Å². The van der Waals surface area contributed by atoms with Crippen molar-refractivity contribution in [2.45, 2.75) is 25.8 Å². The van der Waals surface area contributed by atoms with E-state index < -0.39 is 0 Å². The summed E-state index contributed by atoms with van der Waals surface area (Å²) in [6.07, 6.45) is 1.56. The summed E-state index contributed by atoms with van der Waals surface area (Å²) in [4.78, 5) is 13.4. The van der Waals surface area contributed by atoms with Crippen LogP contribution in [0, 0.1) is 0 Å². The predicted molar refractivity (Wildman–Crippen MR) is 73.3 cm³/mol. The van der Waals surface area contributed by atoms with Gasteiger partial charge in [0.2, 0.25) is 5.91 Å². The minimum atomic E-state index is -0.360. The Morgan fingerprint density at radius 3 is 2.47 bits per heavy atom. The Balaban J connectivity index is 0.00000256. The first-order valence-electron chi connectivity index (χ1n) is 5.69. The Kier molecular flexibility index (Phi) is 7.59. The molecule has 0 fully saturated rings. The van der Waals surface area contributed by atoms with Crippen LogP contribution in [-0.2, 0) is 11.2 Å². The molecule has 0 saturated heterocycles. The maximum Gasteiger partial charge on any atom is 0.239 e. The van der Waals surface area contributed by atoms with Crippen molar-refractivity contribution in [1.82, 2.24) is 4.90 Å². The minimum absolute atomic E-state index is 0. The molecule has 17 heavy (non-hydrogen) atoms. The van der Waals surface area contributed by atoms with Gasteiger partial charge in [0, 0.05) is 13.6 Å². The molecule has 0 heterocycles. The van der Waals surface area contributed by atoms with E-state index in [0.717, 1.165) is 13.0 Å². The van der Waals surface area contributed by atoms with Gasteiger partial charge in [0.15, 0.2) is 0 Å². The molecule has 0 aliphatic rings. The van der Waals surface area contributed by atoms with Crippen LogP contribution in [0.2, 0.25) is 0 Å². The zero-order chi connectivity index (χ0) is 12.0. The highest BCUT2D eigenvalue weighted by atomic mass is 35.5. The highest BCUT2D eigenvalue weighted by molar-refractivity contribution is 5.85. The molecule has 0 aliphatic heterocycles. The zero-order valence-electron chi connectivity index (χ0n) is 10.4. The van der Waals surface area contributed by atoms with Gasteiger partial charge in [0.1, 0.15) is 0 Å². The first-order chi connectivity index (χ1) is 7.65. The van der Waals surface area contributed by atoms with Gasteiger partial charge in [0.05, 0.1) is 6.04 Å². The van der Waals surface area contributed by atoms with Crippen molar-refractivity contribution in [2.24, 2.45) is 5.73 Å². The summed E-state index contributed by atoms with van der Waals surface area (Å²) in [6.45, 7) is 2.64. The summed E-state index contributed by atoms with van der Waals surface area (Å²) >= 11 is 0. The van der Waals surface area contributed by atoms with E-state index >= 15 is 0 Å². The second-order valence-electron chi connectivity index (χ2n) is 4.01. The lowest BCUT2D eigenvalue weighted by Gasteiger charge is -2.20. The lowest BCUT2D eigenvalue weighted by Crippen LogP contribution is -2.42. The molecule has 0 spiro atoms. The monoisotopic (exact) mass is 256 g/mol. The second kappa shape index (κ2) is 8.09. The van der Waals surface area contributed by atoms with Gasteiger partial charge in [-0.3, -0.25) is 4.79 Å². The minimum Gasteiger partial charge on any atom is -0.344 e. The molecular formula is C13H21ClN2O. The van der Waals surface area contributed by atoms with Crippen molar-refractivity contribution in [1.29, 1.82) is 0 Å². The smallest absolute Gasteiger partial charge is 0.239 e. The molecular weight excluding hydrogens is 236 g/mol. The van der Waals surface area contributed by atoms with Crippen LogP contribution >= 0.6 is 12.4 Å². The highest BCUT2D eigenvalue weighted by Crippen LogP contribution is 2.02. The number of halogens is 1. The largest absolute Gasteiger partial charge is 0.344 e. The third kappa shape index (κ3) is 5.20. The normalized spacial score (nSPS) is 11.5. The Morgan fingerprint density at radius 1 is 1.35 bits per heavy atom. The van der Waals surface area contributed by atoms with Gasteiger partial charge in [-0.25, -0.2) is 0 Å². The third-order valence-electron chi connectivity index (χ3n) is 2.71. The van der Waals surface area contributed by atoms with E-state index in [4.69, 9.17) is 5.73 Å². The molecule has 0 unspecified atom stereocenters. The van der Waals surface area contributed by atoms with Crippen molar-refractivity contribution in [3.63, 3.8) is 0 Å². The number of amides is 1. The van der Waals surface area contributed by atoms with Gasteiger partial charge in [-0.15, -0.1) is 12.4 Å².